The molecule has 0 saturated carbocycles. The van der Waals surface area contributed by atoms with Gasteiger partial charge in [-0.2, -0.15) is 0 Å². The van der Waals surface area contributed by atoms with E-state index in [1.165, 1.54) is 12.1 Å². The molecule has 1 N–H and O–H groups in total. The van der Waals surface area contributed by atoms with E-state index in [0.717, 1.165) is 11.1 Å². The van der Waals surface area contributed by atoms with Gasteiger partial charge in [-0.15, -0.1) is 0 Å². The Hall–Kier alpha value is -2.82. The third-order valence-corrected chi connectivity index (χ3v) is 3.03. The molecule has 0 aliphatic rings. The number of carboxylic acid groups (broad SMARTS) is 1. The molecule has 0 radical (unpaired) electrons. The third kappa shape index (κ3) is 3.85. The lowest BCUT2D eigenvalue weighted by Crippen LogP contribution is -2.19. The minimum Gasteiger partial charge on any atom is -0.482 e. The fraction of sp³-hybridized carbons (Fsp3) is 0.176. The van der Waals surface area contributed by atoms with Gasteiger partial charge >= 0.3 is 11.9 Å². The minimum atomic E-state index is -1.15. The molecule has 0 spiro atoms. The van der Waals surface area contributed by atoms with Gasteiger partial charge in [0.2, 0.25) is 0 Å². The number of carbonyl (C=O) groups is 2. The zero-order valence-electron chi connectivity index (χ0n) is 12.3. The van der Waals surface area contributed by atoms with Crippen LogP contribution in [-0.4, -0.2) is 23.7 Å². The van der Waals surface area contributed by atoms with Crippen molar-refractivity contribution in [2.75, 3.05) is 6.61 Å². The van der Waals surface area contributed by atoms with E-state index in [0.29, 0.717) is 5.75 Å². The maximum Gasteiger partial charge on any atom is 0.349 e. The summed E-state index contributed by atoms with van der Waals surface area (Å²) in [5.41, 5.74) is 1.86. The Labute approximate surface area is 128 Å². The molecule has 0 atom stereocenters. The van der Waals surface area contributed by atoms with Gasteiger partial charge in [0.1, 0.15) is 17.1 Å². The molecule has 2 aromatic rings. The minimum absolute atomic E-state index is 0.00423. The summed E-state index contributed by atoms with van der Waals surface area (Å²) in [6.45, 7) is 3.51. The van der Waals surface area contributed by atoms with Crippen molar-refractivity contribution >= 4 is 11.9 Å². The van der Waals surface area contributed by atoms with Gasteiger partial charge in [0.05, 0.1) is 0 Å². The van der Waals surface area contributed by atoms with Crippen LogP contribution >= 0.6 is 0 Å². The standard InChI is InChI=1S/C17H16O5/c1-11-7-8-12(2)15(9-11)21-10-16(18)22-14-6-4-3-5-13(14)17(19)20/h3-9H,10H2,1-2H3,(H,19,20). The van der Waals surface area contributed by atoms with Crippen molar-refractivity contribution in [3.05, 3.63) is 59.2 Å². The first-order chi connectivity index (χ1) is 10.5. The molecule has 114 valence electrons. The largest absolute Gasteiger partial charge is 0.482 e. The average Bonchev–Trinajstić information content (AvgIpc) is 2.48. The van der Waals surface area contributed by atoms with E-state index >= 15 is 0 Å². The van der Waals surface area contributed by atoms with Gasteiger partial charge < -0.3 is 14.6 Å². The molecule has 5 heteroatoms. The number of carbonyl (C=O) groups excluding carboxylic acids is 1. The summed E-state index contributed by atoms with van der Waals surface area (Å²) in [7, 11) is 0. The summed E-state index contributed by atoms with van der Waals surface area (Å²) in [5.74, 6) is -1.21. The number of rotatable bonds is 5. The molecule has 22 heavy (non-hydrogen) atoms. The zero-order chi connectivity index (χ0) is 16.1. The smallest absolute Gasteiger partial charge is 0.349 e. The summed E-state index contributed by atoms with van der Waals surface area (Å²) in [6.07, 6.45) is 0. The van der Waals surface area contributed by atoms with E-state index in [1.54, 1.807) is 12.1 Å². The number of carboxylic acids is 1. The van der Waals surface area contributed by atoms with Crippen LogP contribution in [0.5, 0.6) is 11.5 Å². The number of aryl methyl sites for hydroxylation is 2. The number of esters is 1. The van der Waals surface area contributed by atoms with E-state index in [1.807, 2.05) is 32.0 Å². The maximum atomic E-state index is 11.8. The van der Waals surface area contributed by atoms with Crippen LogP contribution in [-0.2, 0) is 4.79 Å². The van der Waals surface area contributed by atoms with E-state index in [-0.39, 0.29) is 17.9 Å². The molecule has 0 heterocycles. The summed E-state index contributed by atoms with van der Waals surface area (Å²) in [4.78, 5) is 22.9. The lowest BCUT2D eigenvalue weighted by Gasteiger charge is -2.10. The van der Waals surface area contributed by atoms with Crippen LogP contribution in [0.1, 0.15) is 21.5 Å². The molecule has 5 nitrogen and oxygen atoms in total. The monoisotopic (exact) mass is 300 g/mol. The highest BCUT2D eigenvalue weighted by Crippen LogP contribution is 2.20. The topological polar surface area (TPSA) is 72.8 Å². The van der Waals surface area contributed by atoms with Crippen LogP contribution in [0.15, 0.2) is 42.5 Å². The highest BCUT2D eigenvalue weighted by atomic mass is 16.6. The van der Waals surface area contributed by atoms with Gasteiger partial charge in [-0.05, 0) is 43.2 Å². The summed E-state index contributed by atoms with van der Waals surface area (Å²) in [5, 5.41) is 9.03. The van der Waals surface area contributed by atoms with Crippen molar-refractivity contribution in [2.24, 2.45) is 0 Å². The number of ether oxygens (including phenoxy) is 2. The van der Waals surface area contributed by atoms with Gasteiger partial charge in [0.25, 0.3) is 0 Å². The Bertz CT molecular complexity index is 706. The number of hydrogen-bond donors (Lipinski definition) is 1. The van der Waals surface area contributed by atoms with E-state index in [9.17, 15) is 9.59 Å². The number of hydrogen-bond acceptors (Lipinski definition) is 4. The van der Waals surface area contributed by atoms with E-state index in [4.69, 9.17) is 14.6 Å². The Balaban J connectivity index is 2.02. The average molecular weight is 300 g/mol. The molecule has 0 aliphatic carbocycles. The van der Waals surface area contributed by atoms with Crippen LogP contribution in [0.2, 0.25) is 0 Å². The fourth-order valence-electron chi connectivity index (χ4n) is 1.88. The van der Waals surface area contributed by atoms with Gasteiger partial charge in [-0.25, -0.2) is 9.59 Å². The van der Waals surface area contributed by atoms with E-state index < -0.39 is 11.9 Å². The van der Waals surface area contributed by atoms with Crippen LogP contribution in [0.25, 0.3) is 0 Å². The Morgan fingerprint density at radius 2 is 1.77 bits per heavy atom. The quantitative estimate of drug-likeness (QED) is 0.679. The Morgan fingerprint density at radius 3 is 2.50 bits per heavy atom. The maximum absolute atomic E-state index is 11.8. The van der Waals surface area contributed by atoms with Gasteiger partial charge in [0.15, 0.2) is 6.61 Å². The highest BCUT2D eigenvalue weighted by molar-refractivity contribution is 5.92. The predicted molar refractivity (Wildman–Crippen MR) is 80.4 cm³/mol. The number of para-hydroxylation sites is 1. The molecular formula is C17H16O5. The van der Waals surface area contributed by atoms with Crippen LogP contribution in [0, 0.1) is 13.8 Å². The lowest BCUT2D eigenvalue weighted by atomic mass is 10.1. The predicted octanol–water partition coefficient (Wildman–Crippen LogP) is 2.99. The molecule has 2 rings (SSSR count). The van der Waals surface area contributed by atoms with Crippen molar-refractivity contribution in [3.63, 3.8) is 0 Å². The molecule has 0 saturated heterocycles. The molecular weight excluding hydrogens is 284 g/mol. The summed E-state index contributed by atoms with van der Waals surface area (Å²) < 4.78 is 10.5. The number of aromatic carboxylic acids is 1. The van der Waals surface area contributed by atoms with Crippen molar-refractivity contribution < 1.29 is 24.2 Å². The second-order valence-electron chi connectivity index (χ2n) is 4.83. The Morgan fingerprint density at radius 1 is 1.05 bits per heavy atom. The second kappa shape index (κ2) is 6.76. The van der Waals surface area contributed by atoms with Gasteiger partial charge in [-0.3, -0.25) is 0 Å². The first-order valence-corrected chi connectivity index (χ1v) is 6.70. The van der Waals surface area contributed by atoms with Crippen molar-refractivity contribution in [2.45, 2.75) is 13.8 Å². The van der Waals surface area contributed by atoms with Crippen molar-refractivity contribution in [3.8, 4) is 11.5 Å². The second-order valence-corrected chi connectivity index (χ2v) is 4.83. The van der Waals surface area contributed by atoms with Crippen LogP contribution < -0.4 is 9.47 Å². The first-order valence-electron chi connectivity index (χ1n) is 6.70. The molecule has 0 bridgehead atoms. The van der Waals surface area contributed by atoms with Crippen molar-refractivity contribution in [1.82, 2.24) is 0 Å². The molecule has 0 aliphatic heterocycles. The normalized spacial score (nSPS) is 10.1. The fourth-order valence-corrected chi connectivity index (χ4v) is 1.88. The van der Waals surface area contributed by atoms with E-state index in [2.05, 4.69) is 0 Å². The molecule has 2 aromatic carbocycles. The SMILES string of the molecule is Cc1ccc(C)c(OCC(=O)Oc2ccccc2C(=O)O)c1. The zero-order valence-corrected chi connectivity index (χ0v) is 12.3. The number of benzene rings is 2. The molecule has 0 unspecified atom stereocenters. The molecule has 0 aromatic heterocycles. The van der Waals surface area contributed by atoms with Gasteiger partial charge in [0, 0.05) is 0 Å². The molecule has 0 amide bonds. The summed E-state index contributed by atoms with van der Waals surface area (Å²) in [6, 6.07) is 11.6. The molecule has 0 fully saturated rings. The Kier molecular flexibility index (Phi) is 4.78. The van der Waals surface area contributed by atoms with Crippen LogP contribution in [0.3, 0.4) is 0 Å². The summed E-state index contributed by atoms with van der Waals surface area (Å²) >= 11 is 0. The van der Waals surface area contributed by atoms with Crippen LogP contribution in [0.4, 0.5) is 0 Å². The first kappa shape index (κ1) is 15.6. The van der Waals surface area contributed by atoms with Gasteiger partial charge in [-0.1, -0.05) is 24.3 Å². The third-order valence-electron chi connectivity index (χ3n) is 3.03. The highest BCUT2D eigenvalue weighted by Gasteiger charge is 2.14. The van der Waals surface area contributed by atoms with Crippen molar-refractivity contribution in [1.29, 1.82) is 0 Å². The lowest BCUT2D eigenvalue weighted by molar-refractivity contribution is -0.136.